The molecule has 0 saturated carbocycles. The molecule has 0 bridgehead atoms. The van der Waals surface area contributed by atoms with Gasteiger partial charge in [-0.2, -0.15) is 0 Å². The molecule has 0 aromatic heterocycles. The Labute approximate surface area is 97.1 Å². The monoisotopic (exact) mass is 246 g/mol. The van der Waals surface area contributed by atoms with Gasteiger partial charge in [0.05, 0.1) is 0 Å². The van der Waals surface area contributed by atoms with Gasteiger partial charge in [-0.1, -0.05) is 6.07 Å². The first-order valence-electron chi connectivity index (χ1n) is 5.19. The van der Waals surface area contributed by atoms with Crippen molar-refractivity contribution in [2.24, 2.45) is 0 Å². The highest BCUT2D eigenvalue weighted by Gasteiger charge is 2.24. The van der Waals surface area contributed by atoms with Gasteiger partial charge in [0.2, 0.25) is 0 Å². The van der Waals surface area contributed by atoms with Crippen LogP contribution in [0.15, 0.2) is 18.2 Å². The second-order valence-electron chi connectivity index (χ2n) is 3.94. The lowest BCUT2D eigenvalue weighted by atomic mass is 10.0. The van der Waals surface area contributed by atoms with Gasteiger partial charge in [-0.15, -0.1) is 0 Å². The summed E-state index contributed by atoms with van der Waals surface area (Å²) < 4.78 is 39.3. The van der Waals surface area contributed by atoms with E-state index < -0.39 is 17.7 Å². The van der Waals surface area contributed by atoms with E-state index in [4.69, 9.17) is 5.11 Å². The van der Waals surface area contributed by atoms with E-state index in [1.165, 1.54) is 0 Å². The molecule has 1 N–H and O–H groups in total. The van der Waals surface area contributed by atoms with Gasteiger partial charge < -0.3 is 5.11 Å². The predicted molar refractivity (Wildman–Crippen MR) is 56.5 cm³/mol. The van der Waals surface area contributed by atoms with Crippen LogP contribution in [0.2, 0.25) is 0 Å². The van der Waals surface area contributed by atoms with Crippen molar-refractivity contribution in [1.82, 2.24) is 0 Å². The van der Waals surface area contributed by atoms with Crippen LogP contribution in [-0.4, -0.2) is 11.1 Å². The van der Waals surface area contributed by atoms with Crippen molar-refractivity contribution in [3.05, 3.63) is 35.1 Å². The molecule has 0 radical (unpaired) electrons. The highest BCUT2D eigenvalue weighted by molar-refractivity contribution is 5.66. The standard InChI is InChI=1S/C12H13F3O2/c1-12(14,15)9-5-6-10(13)8(7-9)3-2-4-11(16)17/h5-7H,2-4H2,1H3,(H,16,17). The van der Waals surface area contributed by atoms with Crippen LogP contribution in [0.25, 0.3) is 0 Å². The number of hydrogen-bond acceptors (Lipinski definition) is 1. The number of carboxylic acid groups (broad SMARTS) is 1. The summed E-state index contributed by atoms with van der Waals surface area (Å²) in [6.45, 7) is 0.737. The third kappa shape index (κ3) is 4.09. The van der Waals surface area contributed by atoms with Gasteiger partial charge in [0.15, 0.2) is 0 Å². The first-order chi connectivity index (χ1) is 7.80. The van der Waals surface area contributed by atoms with Gasteiger partial charge in [-0.3, -0.25) is 4.79 Å². The topological polar surface area (TPSA) is 37.3 Å². The molecule has 94 valence electrons. The molecule has 0 amide bonds. The molecule has 0 atom stereocenters. The molecular weight excluding hydrogens is 233 g/mol. The maximum Gasteiger partial charge on any atom is 0.303 e. The minimum atomic E-state index is -3.02. The Morgan fingerprint density at radius 3 is 2.59 bits per heavy atom. The smallest absolute Gasteiger partial charge is 0.303 e. The van der Waals surface area contributed by atoms with Crippen molar-refractivity contribution in [1.29, 1.82) is 0 Å². The van der Waals surface area contributed by atoms with E-state index in [0.29, 0.717) is 0 Å². The number of carbonyl (C=O) groups is 1. The Kier molecular flexibility index (Phi) is 4.15. The zero-order chi connectivity index (χ0) is 13.1. The molecule has 0 unspecified atom stereocenters. The molecule has 0 aliphatic carbocycles. The Bertz CT molecular complexity index is 411. The fourth-order valence-corrected chi connectivity index (χ4v) is 1.47. The summed E-state index contributed by atoms with van der Waals surface area (Å²) in [4.78, 5) is 10.3. The number of benzene rings is 1. The number of carboxylic acids is 1. The summed E-state index contributed by atoms with van der Waals surface area (Å²) >= 11 is 0. The van der Waals surface area contributed by atoms with E-state index in [1.54, 1.807) is 0 Å². The Balaban J connectivity index is 2.80. The van der Waals surface area contributed by atoms with Crippen LogP contribution in [0, 0.1) is 5.82 Å². The third-order valence-corrected chi connectivity index (χ3v) is 2.39. The van der Waals surface area contributed by atoms with Crippen molar-refractivity contribution in [2.75, 3.05) is 0 Å². The SMILES string of the molecule is CC(F)(F)c1ccc(F)c(CCCC(=O)O)c1. The lowest BCUT2D eigenvalue weighted by Crippen LogP contribution is -2.08. The number of rotatable bonds is 5. The van der Waals surface area contributed by atoms with Crippen molar-refractivity contribution >= 4 is 5.97 Å². The van der Waals surface area contributed by atoms with Crippen molar-refractivity contribution in [3.8, 4) is 0 Å². The number of halogens is 3. The van der Waals surface area contributed by atoms with Gasteiger partial charge in [0.25, 0.3) is 5.92 Å². The summed E-state index contributed by atoms with van der Waals surface area (Å²) in [5.74, 6) is -4.58. The lowest BCUT2D eigenvalue weighted by Gasteiger charge is -2.12. The molecule has 0 fully saturated rings. The van der Waals surface area contributed by atoms with E-state index in [0.717, 1.165) is 25.1 Å². The van der Waals surface area contributed by atoms with Gasteiger partial charge in [-0.25, -0.2) is 13.2 Å². The minimum absolute atomic E-state index is 0.105. The maximum atomic E-state index is 13.3. The molecule has 17 heavy (non-hydrogen) atoms. The molecule has 1 aromatic rings. The van der Waals surface area contributed by atoms with E-state index in [-0.39, 0.29) is 30.4 Å². The summed E-state index contributed by atoms with van der Waals surface area (Å²) in [7, 11) is 0. The second kappa shape index (κ2) is 5.21. The Morgan fingerprint density at radius 1 is 1.41 bits per heavy atom. The predicted octanol–water partition coefficient (Wildman–Crippen LogP) is 3.34. The molecular formula is C12H13F3O2. The first kappa shape index (κ1) is 13.5. The van der Waals surface area contributed by atoms with Crippen molar-refractivity contribution in [3.63, 3.8) is 0 Å². The van der Waals surface area contributed by atoms with Crippen LogP contribution < -0.4 is 0 Å². The number of alkyl halides is 2. The fraction of sp³-hybridized carbons (Fsp3) is 0.417. The summed E-state index contributed by atoms with van der Waals surface area (Å²) in [5, 5.41) is 8.43. The average Bonchev–Trinajstić information content (AvgIpc) is 2.18. The number of aryl methyl sites for hydroxylation is 1. The normalized spacial score (nSPS) is 11.5. The van der Waals surface area contributed by atoms with Gasteiger partial charge in [0.1, 0.15) is 5.82 Å². The minimum Gasteiger partial charge on any atom is -0.481 e. The molecule has 2 nitrogen and oxygen atoms in total. The number of hydrogen-bond donors (Lipinski definition) is 1. The van der Waals surface area contributed by atoms with Gasteiger partial charge in [0, 0.05) is 18.9 Å². The average molecular weight is 246 g/mol. The van der Waals surface area contributed by atoms with Crippen molar-refractivity contribution in [2.45, 2.75) is 32.1 Å². The van der Waals surface area contributed by atoms with Gasteiger partial charge >= 0.3 is 5.97 Å². The van der Waals surface area contributed by atoms with Crippen LogP contribution in [0.3, 0.4) is 0 Å². The second-order valence-corrected chi connectivity index (χ2v) is 3.94. The largest absolute Gasteiger partial charge is 0.481 e. The van der Waals surface area contributed by atoms with Crippen molar-refractivity contribution < 1.29 is 23.1 Å². The van der Waals surface area contributed by atoms with Crippen LogP contribution >= 0.6 is 0 Å². The molecule has 1 aromatic carbocycles. The van der Waals surface area contributed by atoms with E-state index in [2.05, 4.69) is 0 Å². The molecule has 1 rings (SSSR count). The third-order valence-electron chi connectivity index (χ3n) is 2.39. The Morgan fingerprint density at radius 2 is 2.06 bits per heavy atom. The van der Waals surface area contributed by atoms with Gasteiger partial charge in [-0.05, 0) is 30.5 Å². The maximum absolute atomic E-state index is 13.3. The number of aliphatic carboxylic acids is 1. The highest BCUT2D eigenvalue weighted by Crippen LogP contribution is 2.28. The zero-order valence-electron chi connectivity index (χ0n) is 9.34. The first-order valence-corrected chi connectivity index (χ1v) is 5.19. The Hall–Kier alpha value is -1.52. The zero-order valence-corrected chi connectivity index (χ0v) is 9.34. The summed E-state index contributed by atoms with van der Waals surface area (Å²) in [5.41, 5.74) is -0.130. The van der Waals surface area contributed by atoms with E-state index in [1.807, 2.05) is 0 Å². The molecule has 5 heteroatoms. The molecule has 0 aliphatic heterocycles. The van der Waals surface area contributed by atoms with Crippen LogP contribution in [-0.2, 0) is 17.1 Å². The highest BCUT2D eigenvalue weighted by atomic mass is 19.3. The molecule has 0 heterocycles. The molecule has 0 saturated heterocycles. The quantitative estimate of drug-likeness (QED) is 0.865. The lowest BCUT2D eigenvalue weighted by molar-refractivity contribution is -0.137. The van der Waals surface area contributed by atoms with Crippen LogP contribution in [0.4, 0.5) is 13.2 Å². The summed E-state index contributed by atoms with van der Waals surface area (Å²) in [6, 6.07) is 3.12. The van der Waals surface area contributed by atoms with E-state index >= 15 is 0 Å². The summed E-state index contributed by atoms with van der Waals surface area (Å²) in [6.07, 6.45) is 0.263. The van der Waals surface area contributed by atoms with Crippen LogP contribution in [0.1, 0.15) is 30.9 Å². The fourth-order valence-electron chi connectivity index (χ4n) is 1.47. The van der Waals surface area contributed by atoms with Crippen LogP contribution in [0.5, 0.6) is 0 Å². The molecule has 0 spiro atoms. The molecule has 0 aliphatic rings. The van der Waals surface area contributed by atoms with E-state index in [9.17, 15) is 18.0 Å².